The van der Waals surface area contributed by atoms with Crippen LogP contribution in [0.15, 0.2) is 24.3 Å². The van der Waals surface area contributed by atoms with Crippen molar-refractivity contribution >= 4 is 23.5 Å². The van der Waals surface area contributed by atoms with E-state index in [-0.39, 0.29) is 37.1 Å². The second-order valence-electron chi connectivity index (χ2n) is 5.31. The monoisotopic (exact) mass is 322 g/mol. The van der Waals surface area contributed by atoms with E-state index in [2.05, 4.69) is 5.32 Å². The van der Waals surface area contributed by atoms with Crippen LogP contribution in [0.5, 0.6) is 0 Å². The number of rotatable bonds is 6. The summed E-state index contributed by atoms with van der Waals surface area (Å²) in [6.07, 6.45) is 0.734. The van der Waals surface area contributed by atoms with Crippen LogP contribution in [0.1, 0.15) is 19.8 Å². The van der Waals surface area contributed by atoms with E-state index in [1.165, 1.54) is 23.1 Å². The molecule has 1 aromatic carbocycles. The summed E-state index contributed by atoms with van der Waals surface area (Å²) in [7, 11) is 0. The zero-order valence-corrected chi connectivity index (χ0v) is 12.9. The van der Waals surface area contributed by atoms with Crippen LogP contribution in [-0.4, -0.2) is 37.5 Å². The molecule has 1 saturated heterocycles. The van der Waals surface area contributed by atoms with Crippen molar-refractivity contribution in [2.45, 2.75) is 19.8 Å². The summed E-state index contributed by atoms with van der Waals surface area (Å²) < 4.78 is 18.7. The number of ether oxygens (including phenoxy) is 1. The molecular weight excluding hydrogens is 303 g/mol. The molecule has 124 valence electrons. The molecular formula is C16H19FN2O4. The molecule has 0 aromatic heterocycles. The number of hydrogen-bond donors (Lipinski definition) is 1. The van der Waals surface area contributed by atoms with Crippen LogP contribution < -0.4 is 10.2 Å². The SMILES string of the molecule is CCCNC(=O)COC(=O)[C@H]1CC(=O)N(c2ccccc2F)C1. The number of esters is 1. The first-order valence-corrected chi connectivity index (χ1v) is 7.51. The lowest BCUT2D eigenvalue weighted by molar-refractivity contribution is -0.152. The maximum absolute atomic E-state index is 13.8. The van der Waals surface area contributed by atoms with E-state index in [0.29, 0.717) is 6.54 Å². The second-order valence-corrected chi connectivity index (χ2v) is 5.31. The maximum atomic E-state index is 13.8. The number of amides is 2. The van der Waals surface area contributed by atoms with Crippen LogP contribution in [0.2, 0.25) is 0 Å². The Balaban J connectivity index is 1.91. The minimum absolute atomic E-state index is 0.0508. The molecule has 23 heavy (non-hydrogen) atoms. The number of anilines is 1. The summed E-state index contributed by atoms with van der Waals surface area (Å²) in [6, 6.07) is 5.89. The van der Waals surface area contributed by atoms with Crippen molar-refractivity contribution in [1.29, 1.82) is 0 Å². The van der Waals surface area contributed by atoms with Crippen molar-refractivity contribution in [3.05, 3.63) is 30.1 Å². The van der Waals surface area contributed by atoms with E-state index in [0.717, 1.165) is 6.42 Å². The molecule has 1 aliphatic rings. The van der Waals surface area contributed by atoms with Gasteiger partial charge in [-0.1, -0.05) is 19.1 Å². The Hall–Kier alpha value is -2.44. The molecule has 0 aliphatic carbocycles. The van der Waals surface area contributed by atoms with Gasteiger partial charge < -0.3 is 15.0 Å². The van der Waals surface area contributed by atoms with Crippen LogP contribution in [0.25, 0.3) is 0 Å². The topological polar surface area (TPSA) is 75.7 Å². The fourth-order valence-electron chi connectivity index (χ4n) is 2.34. The van der Waals surface area contributed by atoms with Gasteiger partial charge in [-0.15, -0.1) is 0 Å². The van der Waals surface area contributed by atoms with Crippen LogP contribution in [-0.2, 0) is 19.1 Å². The number of para-hydroxylation sites is 1. The average molecular weight is 322 g/mol. The highest BCUT2D eigenvalue weighted by atomic mass is 19.1. The lowest BCUT2D eigenvalue weighted by Gasteiger charge is -2.17. The van der Waals surface area contributed by atoms with Gasteiger partial charge in [-0.25, -0.2) is 4.39 Å². The highest BCUT2D eigenvalue weighted by molar-refractivity contribution is 5.99. The minimum atomic E-state index is -0.693. The van der Waals surface area contributed by atoms with E-state index in [4.69, 9.17) is 4.74 Å². The van der Waals surface area contributed by atoms with Crippen molar-refractivity contribution in [2.75, 3.05) is 24.6 Å². The van der Waals surface area contributed by atoms with Gasteiger partial charge in [-0.05, 0) is 18.6 Å². The number of halogens is 1. The number of benzene rings is 1. The van der Waals surface area contributed by atoms with E-state index >= 15 is 0 Å². The molecule has 1 fully saturated rings. The van der Waals surface area contributed by atoms with Gasteiger partial charge in [-0.3, -0.25) is 14.4 Å². The Morgan fingerprint density at radius 2 is 2.13 bits per heavy atom. The first-order valence-electron chi connectivity index (χ1n) is 7.51. The first kappa shape index (κ1) is 16.9. The van der Waals surface area contributed by atoms with Crippen LogP contribution in [0.3, 0.4) is 0 Å². The van der Waals surface area contributed by atoms with Gasteiger partial charge in [0.25, 0.3) is 5.91 Å². The van der Waals surface area contributed by atoms with E-state index in [1.807, 2.05) is 6.92 Å². The van der Waals surface area contributed by atoms with Crippen molar-refractivity contribution in [3.8, 4) is 0 Å². The molecule has 1 N–H and O–H groups in total. The molecule has 0 radical (unpaired) electrons. The highest BCUT2D eigenvalue weighted by Crippen LogP contribution is 2.27. The van der Waals surface area contributed by atoms with Gasteiger partial charge in [0.15, 0.2) is 6.61 Å². The molecule has 1 aromatic rings. The molecule has 2 amide bonds. The molecule has 0 spiro atoms. The van der Waals surface area contributed by atoms with E-state index in [9.17, 15) is 18.8 Å². The second kappa shape index (κ2) is 7.71. The number of hydrogen-bond acceptors (Lipinski definition) is 4. The molecule has 0 bridgehead atoms. The molecule has 6 nitrogen and oxygen atoms in total. The predicted molar refractivity (Wildman–Crippen MR) is 81.1 cm³/mol. The Labute approximate surface area is 133 Å². The molecule has 1 aliphatic heterocycles. The van der Waals surface area contributed by atoms with Gasteiger partial charge >= 0.3 is 5.97 Å². The van der Waals surface area contributed by atoms with Gasteiger partial charge in [0.05, 0.1) is 11.6 Å². The number of carbonyl (C=O) groups is 3. The summed E-state index contributed by atoms with van der Waals surface area (Å²) >= 11 is 0. The summed E-state index contributed by atoms with van der Waals surface area (Å²) in [5.41, 5.74) is 0.147. The highest BCUT2D eigenvalue weighted by Gasteiger charge is 2.37. The number of nitrogens with one attached hydrogen (secondary N) is 1. The van der Waals surface area contributed by atoms with Crippen molar-refractivity contribution in [2.24, 2.45) is 5.92 Å². The summed E-state index contributed by atoms with van der Waals surface area (Å²) in [5, 5.41) is 2.59. The standard InChI is InChI=1S/C16H19FN2O4/c1-2-7-18-14(20)10-23-16(22)11-8-15(21)19(9-11)13-6-4-3-5-12(13)17/h3-6,11H,2,7-10H2,1H3,(H,18,20)/t11-/m0/s1. The summed E-state index contributed by atoms with van der Waals surface area (Å²) in [6.45, 7) is 2.10. The fourth-order valence-corrected chi connectivity index (χ4v) is 2.34. The minimum Gasteiger partial charge on any atom is -0.455 e. The Morgan fingerprint density at radius 1 is 1.39 bits per heavy atom. The molecule has 0 saturated carbocycles. The first-order chi connectivity index (χ1) is 11.0. The van der Waals surface area contributed by atoms with Crippen LogP contribution >= 0.6 is 0 Å². The van der Waals surface area contributed by atoms with Gasteiger partial charge in [0.2, 0.25) is 5.91 Å². The normalized spacial score (nSPS) is 17.2. The lowest BCUT2D eigenvalue weighted by Crippen LogP contribution is -2.31. The maximum Gasteiger partial charge on any atom is 0.311 e. The molecule has 1 heterocycles. The van der Waals surface area contributed by atoms with Gasteiger partial charge in [0, 0.05) is 19.5 Å². The molecule has 0 unspecified atom stereocenters. The van der Waals surface area contributed by atoms with E-state index < -0.39 is 17.7 Å². The van der Waals surface area contributed by atoms with Crippen LogP contribution in [0, 0.1) is 11.7 Å². The largest absolute Gasteiger partial charge is 0.455 e. The van der Waals surface area contributed by atoms with Crippen molar-refractivity contribution in [1.82, 2.24) is 5.32 Å². The quantitative estimate of drug-likeness (QED) is 0.800. The third kappa shape index (κ3) is 4.28. The van der Waals surface area contributed by atoms with Gasteiger partial charge in [-0.2, -0.15) is 0 Å². The van der Waals surface area contributed by atoms with Crippen molar-refractivity contribution in [3.63, 3.8) is 0 Å². The summed E-state index contributed by atoms with van der Waals surface area (Å²) in [4.78, 5) is 36.6. The fraction of sp³-hybridized carbons (Fsp3) is 0.438. The third-order valence-electron chi connectivity index (χ3n) is 3.52. The average Bonchev–Trinajstić information content (AvgIpc) is 2.93. The summed E-state index contributed by atoms with van der Waals surface area (Å²) in [5.74, 6) is -2.55. The zero-order valence-electron chi connectivity index (χ0n) is 12.9. The smallest absolute Gasteiger partial charge is 0.311 e. The third-order valence-corrected chi connectivity index (χ3v) is 3.52. The van der Waals surface area contributed by atoms with Crippen LogP contribution in [0.4, 0.5) is 10.1 Å². The zero-order chi connectivity index (χ0) is 16.8. The predicted octanol–water partition coefficient (Wildman–Crippen LogP) is 1.25. The number of nitrogens with zero attached hydrogens (tertiary/aromatic N) is 1. The van der Waals surface area contributed by atoms with E-state index in [1.54, 1.807) is 6.07 Å². The lowest BCUT2D eigenvalue weighted by atomic mass is 10.1. The molecule has 1 atom stereocenters. The number of carbonyl (C=O) groups excluding carboxylic acids is 3. The Kier molecular flexibility index (Phi) is 5.67. The Morgan fingerprint density at radius 3 is 2.83 bits per heavy atom. The Bertz CT molecular complexity index is 605. The van der Waals surface area contributed by atoms with Crippen molar-refractivity contribution < 1.29 is 23.5 Å². The molecule has 7 heteroatoms. The molecule has 2 rings (SSSR count). The van der Waals surface area contributed by atoms with Gasteiger partial charge in [0.1, 0.15) is 5.82 Å².